The maximum absolute atomic E-state index is 12.1. The van der Waals surface area contributed by atoms with E-state index in [0.29, 0.717) is 5.56 Å². The van der Waals surface area contributed by atoms with Crippen molar-refractivity contribution in [3.63, 3.8) is 0 Å². The highest BCUT2D eigenvalue weighted by Gasteiger charge is 2.08. The number of nitrogens with two attached hydrogens (primary N) is 2. The fraction of sp³-hybridized carbons (Fsp3) is 0.0625. The molecule has 114 valence electrons. The van der Waals surface area contributed by atoms with Crippen molar-refractivity contribution in [3.8, 4) is 0 Å². The molecule has 0 aromatic heterocycles. The fourth-order valence-corrected chi connectivity index (χ4v) is 1.88. The van der Waals surface area contributed by atoms with Gasteiger partial charge in [-0.15, -0.1) is 0 Å². The summed E-state index contributed by atoms with van der Waals surface area (Å²) in [4.78, 5) is 12.1. The van der Waals surface area contributed by atoms with Crippen LogP contribution in [0.2, 0.25) is 0 Å². The van der Waals surface area contributed by atoms with Crippen LogP contribution in [-0.4, -0.2) is 5.91 Å². The second-order valence-electron chi connectivity index (χ2n) is 4.68. The lowest BCUT2D eigenvalue weighted by Crippen LogP contribution is -2.90. The molecule has 22 heavy (non-hydrogen) atoms. The van der Waals surface area contributed by atoms with Gasteiger partial charge in [-0.3, -0.25) is 10.2 Å². The van der Waals surface area contributed by atoms with Gasteiger partial charge in [0.1, 0.15) is 0 Å². The molecule has 0 saturated carbocycles. The van der Waals surface area contributed by atoms with E-state index >= 15 is 0 Å². The van der Waals surface area contributed by atoms with Crippen LogP contribution >= 0.6 is 0 Å². The molecule has 6 nitrogen and oxygen atoms in total. The third-order valence-electron chi connectivity index (χ3n) is 3.06. The minimum absolute atomic E-state index is 0.132. The van der Waals surface area contributed by atoms with Gasteiger partial charge in [-0.25, -0.2) is 5.43 Å². The molecule has 0 radical (unpaired) electrons. The monoisotopic (exact) mass is 298 g/mol. The Bertz CT molecular complexity index is 655. The molecule has 0 aliphatic heterocycles. The highest BCUT2D eigenvalue weighted by atomic mass is 16.1. The Morgan fingerprint density at radius 2 is 1.95 bits per heavy atom. The first-order valence-electron chi connectivity index (χ1n) is 6.89. The average molecular weight is 298 g/mol. The van der Waals surface area contributed by atoms with Gasteiger partial charge in [0.25, 0.3) is 5.91 Å². The predicted molar refractivity (Wildman–Crippen MR) is 86.8 cm³/mol. The van der Waals surface area contributed by atoms with Gasteiger partial charge >= 0.3 is 0 Å². The van der Waals surface area contributed by atoms with Crippen LogP contribution in [0.1, 0.15) is 15.9 Å². The first kappa shape index (κ1) is 15.6. The molecule has 0 heterocycles. The van der Waals surface area contributed by atoms with Crippen LogP contribution in [-0.2, 0) is 0 Å². The molecule has 0 saturated heterocycles. The topological polar surface area (TPSA) is 95.8 Å². The maximum atomic E-state index is 12.1. The Morgan fingerprint density at radius 1 is 1.18 bits per heavy atom. The molecule has 2 aromatic carbocycles. The average Bonchev–Trinajstić information content (AvgIpc) is 2.55. The van der Waals surface area contributed by atoms with Crippen LogP contribution in [0.3, 0.4) is 0 Å². The van der Waals surface area contributed by atoms with Crippen molar-refractivity contribution in [2.45, 2.75) is 6.92 Å². The lowest BCUT2D eigenvalue weighted by atomic mass is 10.1. The number of hydrogen-bond donors (Lipinski definition) is 5. The summed E-state index contributed by atoms with van der Waals surface area (Å²) >= 11 is 0. The number of benzene rings is 2. The van der Waals surface area contributed by atoms with Crippen molar-refractivity contribution >= 4 is 17.3 Å². The Balaban J connectivity index is 2.04. The predicted octanol–water partition coefficient (Wildman–Crippen LogP) is 0.881. The van der Waals surface area contributed by atoms with Crippen LogP contribution < -0.4 is 27.4 Å². The van der Waals surface area contributed by atoms with Gasteiger partial charge in [0.2, 0.25) is 0 Å². The van der Waals surface area contributed by atoms with E-state index in [9.17, 15) is 4.79 Å². The third-order valence-corrected chi connectivity index (χ3v) is 3.06. The number of amides is 1. The molecule has 0 aliphatic carbocycles. The highest BCUT2D eigenvalue weighted by Crippen LogP contribution is 2.16. The minimum Gasteiger partial charge on any atom is -0.403 e. The quantitative estimate of drug-likeness (QED) is 0.237. The molecule has 2 rings (SSSR count). The van der Waals surface area contributed by atoms with Crippen molar-refractivity contribution in [2.75, 3.05) is 5.32 Å². The molecule has 0 bridgehead atoms. The number of carbonyl (C=O) groups is 1. The SMILES string of the molecule is Cc1ccc(NC(=O)c2ccccc2)cc1[NH2+]NN/C=C\N. The van der Waals surface area contributed by atoms with Gasteiger partial charge in [-0.05, 0) is 25.1 Å². The summed E-state index contributed by atoms with van der Waals surface area (Å²) < 4.78 is 0. The fourth-order valence-electron chi connectivity index (χ4n) is 1.88. The summed E-state index contributed by atoms with van der Waals surface area (Å²) in [6.45, 7) is 2.00. The summed E-state index contributed by atoms with van der Waals surface area (Å²) in [6, 6.07) is 14.8. The second kappa shape index (κ2) is 7.82. The Kier molecular flexibility index (Phi) is 5.53. The van der Waals surface area contributed by atoms with Crippen molar-refractivity contribution in [2.24, 2.45) is 5.73 Å². The normalized spacial score (nSPS) is 10.6. The smallest absolute Gasteiger partial charge is 0.255 e. The van der Waals surface area contributed by atoms with Gasteiger partial charge in [0, 0.05) is 35.3 Å². The number of rotatable bonds is 6. The van der Waals surface area contributed by atoms with Crippen molar-refractivity contribution < 1.29 is 10.2 Å². The van der Waals surface area contributed by atoms with Gasteiger partial charge in [-0.1, -0.05) is 29.8 Å². The zero-order valence-electron chi connectivity index (χ0n) is 12.3. The van der Waals surface area contributed by atoms with Crippen molar-refractivity contribution in [1.29, 1.82) is 0 Å². The summed E-state index contributed by atoms with van der Waals surface area (Å²) in [5.41, 5.74) is 16.1. The van der Waals surface area contributed by atoms with E-state index in [1.807, 2.05) is 43.3 Å². The lowest BCUT2D eigenvalue weighted by Gasteiger charge is -2.09. The minimum atomic E-state index is -0.132. The molecule has 0 fully saturated rings. The molecule has 2 aromatic rings. The standard InChI is InChI=1S/C16H19N5O/c1-12-7-8-14(11-15(12)20-21-18-10-9-17)19-16(22)13-5-3-2-4-6-13/h2-11,18,20-21H,17H2,1H3,(H,19,22)/p+1/b10-9-. The first-order chi connectivity index (χ1) is 10.7. The number of quaternary nitrogens is 1. The summed E-state index contributed by atoms with van der Waals surface area (Å²) in [7, 11) is 0. The van der Waals surface area contributed by atoms with Gasteiger partial charge in [0.05, 0.1) is 0 Å². The third kappa shape index (κ3) is 4.34. The van der Waals surface area contributed by atoms with Gasteiger partial charge in [0.15, 0.2) is 5.69 Å². The molecule has 0 unspecified atom stereocenters. The van der Waals surface area contributed by atoms with Crippen LogP contribution in [0.15, 0.2) is 60.9 Å². The number of carbonyl (C=O) groups excluding carboxylic acids is 1. The molecular weight excluding hydrogens is 278 g/mol. The van der Waals surface area contributed by atoms with E-state index in [1.165, 1.54) is 6.20 Å². The highest BCUT2D eigenvalue weighted by molar-refractivity contribution is 6.04. The maximum Gasteiger partial charge on any atom is 0.255 e. The Morgan fingerprint density at radius 3 is 2.68 bits per heavy atom. The molecule has 7 N–H and O–H groups in total. The molecule has 0 aliphatic rings. The second-order valence-corrected chi connectivity index (χ2v) is 4.68. The lowest BCUT2D eigenvalue weighted by molar-refractivity contribution is -0.642. The summed E-state index contributed by atoms with van der Waals surface area (Å²) in [5, 5.41) is 2.89. The van der Waals surface area contributed by atoms with E-state index in [2.05, 4.69) is 16.3 Å². The number of nitrogens with one attached hydrogen (secondary N) is 3. The van der Waals surface area contributed by atoms with E-state index < -0.39 is 0 Å². The van der Waals surface area contributed by atoms with Gasteiger partial charge < -0.3 is 11.1 Å². The Hall–Kier alpha value is -2.83. The molecule has 1 amide bonds. The van der Waals surface area contributed by atoms with Crippen LogP contribution in [0, 0.1) is 6.92 Å². The van der Waals surface area contributed by atoms with Crippen LogP contribution in [0.5, 0.6) is 0 Å². The summed E-state index contributed by atoms with van der Waals surface area (Å²) in [6.07, 6.45) is 2.97. The molecule has 0 atom stereocenters. The van der Waals surface area contributed by atoms with Crippen LogP contribution in [0.25, 0.3) is 0 Å². The molecular formula is C16H20N5O+. The van der Waals surface area contributed by atoms with E-state index in [-0.39, 0.29) is 5.91 Å². The number of hydrazine groups is 1. The number of aryl methyl sites for hydroxylation is 1. The zero-order chi connectivity index (χ0) is 15.8. The number of anilines is 1. The molecule has 6 heteroatoms. The largest absolute Gasteiger partial charge is 0.403 e. The molecule has 0 spiro atoms. The van der Waals surface area contributed by atoms with Gasteiger partial charge in [-0.2, -0.15) is 0 Å². The summed E-state index contributed by atoms with van der Waals surface area (Å²) in [5.74, 6) is -0.132. The first-order valence-corrected chi connectivity index (χ1v) is 6.89. The van der Waals surface area contributed by atoms with Crippen molar-refractivity contribution in [3.05, 3.63) is 72.1 Å². The van der Waals surface area contributed by atoms with E-state index in [0.717, 1.165) is 16.9 Å². The number of hydrogen-bond acceptors (Lipinski definition) is 4. The van der Waals surface area contributed by atoms with Crippen LogP contribution in [0.4, 0.5) is 11.4 Å². The van der Waals surface area contributed by atoms with Crippen molar-refractivity contribution in [1.82, 2.24) is 11.0 Å². The Labute approximate surface area is 129 Å². The van der Waals surface area contributed by atoms with E-state index in [1.54, 1.807) is 23.8 Å². The van der Waals surface area contributed by atoms with E-state index in [4.69, 9.17) is 5.73 Å². The zero-order valence-corrected chi connectivity index (χ0v) is 12.3.